The highest BCUT2D eigenvalue weighted by Gasteiger charge is 2.20. The van der Waals surface area contributed by atoms with Crippen LogP contribution in [0, 0.1) is 0 Å². The lowest BCUT2D eigenvalue weighted by Gasteiger charge is -2.12. The van der Waals surface area contributed by atoms with E-state index in [9.17, 15) is 4.79 Å². The third-order valence-electron chi connectivity index (χ3n) is 2.92. The zero-order chi connectivity index (χ0) is 15.6. The molecule has 2 aromatic rings. The first kappa shape index (κ1) is 15.9. The van der Waals surface area contributed by atoms with Gasteiger partial charge < -0.3 is 9.84 Å². The van der Waals surface area contributed by atoms with Gasteiger partial charge >= 0.3 is 0 Å². The van der Waals surface area contributed by atoms with Gasteiger partial charge in [-0.2, -0.15) is 0 Å². The smallest absolute Gasteiger partial charge is 0.230 e. The molecular weight excluding hydrogens is 311 g/mol. The summed E-state index contributed by atoms with van der Waals surface area (Å²) in [6.07, 6.45) is 0.0796. The van der Waals surface area contributed by atoms with Crippen LogP contribution in [0.4, 0.5) is 5.82 Å². The maximum Gasteiger partial charge on any atom is 0.230 e. The zero-order valence-electron chi connectivity index (χ0n) is 12.0. The van der Waals surface area contributed by atoms with Crippen LogP contribution in [0.5, 0.6) is 0 Å². The number of rotatable bonds is 3. The Labute approximate surface area is 133 Å². The van der Waals surface area contributed by atoms with Crippen LogP contribution < -0.4 is 5.32 Å². The zero-order valence-corrected chi connectivity index (χ0v) is 13.5. The fraction of sp³-hybridized carbons (Fsp3) is 0.333. The van der Waals surface area contributed by atoms with Gasteiger partial charge in [0.1, 0.15) is 5.76 Å². The summed E-state index contributed by atoms with van der Waals surface area (Å²) in [5.41, 5.74) is 0.431. The second-order valence-electron chi connectivity index (χ2n) is 5.75. The molecule has 0 aliphatic rings. The van der Waals surface area contributed by atoms with E-state index in [1.54, 1.807) is 24.3 Å². The van der Waals surface area contributed by atoms with Gasteiger partial charge in [0.2, 0.25) is 5.91 Å². The van der Waals surface area contributed by atoms with E-state index in [4.69, 9.17) is 27.7 Å². The number of carbonyl (C=O) groups is 1. The van der Waals surface area contributed by atoms with E-state index in [1.165, 1.54) is 0 Å². The minimum atomic E-state index is -0.251. The number of benzene rings is 1. The molecule has 1 heterocycles. The molecule has 0 atom stereocenters. The van der Waals surface area contributed by atoms with Gasteiger partial charge in [-0.05, 0) is 17.7 Å². The quantitative estimate of drug-likeness (QED) is 0.905. The van der Waals surface area contributed by atoms with Crippen LogP contribution in [-0.4, -0.2) is 11.1 Å². The summed E-state index contributed by atoms with van der Waals surface area (Å²) in [6.45, 7) is 6.01. The number of aromatic nitrogens is 1. The predicted molar refractivity (Wildman–Crippen MR) is 84.0 cm³/mol. The third-order valence-corrected chi connectivity index (χ3v) is 3.62. The van der Waals surface area contributed by atoms with Crippen molar-refractivity contribution in [1.82, 2.24) is 5.16 Å². The van der Waals surface area contributed by atoms with E-state index < -0.39 is 0 Å². The normalized spacial score (nSPS) is 11.5. The molecule has 0 spiro atoms. The monoisotopic (exact) mass is 326 g/mol. The van der Waals surface area contributed by atoms with Crippen LogP contribution in [0.3, 0.4) is 0 Å². The molecule has 0 aliphatic carbocycles. The molecule has 0 saturated heterocycles. The number of nitrogens with zero attached hydrogens (tertiary/aromatic N) is 1. The molecule has 1 amide bonds. The Balaban J connectivity index is 2.07. The van der Waals surface area contributed by atoms with E-state index in [1.807, 2.05) is 20.8 Å². The molecule has 0 aliphatic heterocycles. The lowest BCUT2D eigenvalue weighted by Crippen LogP contribution is -2.15. The molecule has 2 rings (SSSR count). The Bertz CT molecular complexity index is 640. The average Bonchev–Trinajstić information content (AvgIpc) is 2.82. The molecule has 0 bridgehead atoms. The van der Waals surface area contributed by atoms with E-state index >= 15 is 0 Å². The molecule has 0 fully saturated rings. The van der Waals surface area contributed by atoms with Gasteiger partial charge in [0.05, 0.1) is 6.42 Å². The van der Waals surface area contributed by atoms with Crippen molar-refractivity contribution in [3.8, 4) is 0 Å². The molecule has 0 radical (unpaired) electrons. The number of hydrogen-bond acceptors (Lipinski definition) is 3. The second kappa shape index (κ2) is 6.08. The third kappa shape index (κ3) is 3.99. The summed E-state index contributed by atoms with van der Waals surface area (Å²) in [4.78, 5) is 12.0. The predicted octanol–water partition coefficient (Wildman–Crippen LogP) is 4.46. The van der Waals surface area contributed by atoms with Crippen molar-refractivity contribution < 1.29 is 9.32 Å². The van der Waals surface area contributed by atoms with E-state index in [2.05, 4.69) is 10.5 Å². The van der Waals surface area contributed by atoms with Crippen LogP contribution in [0.1, 0.15) is 32.1 Å². The molecule has 1 aromatic carbocycles. The minimum absolute atomic E-state index is 0.0796. The number of halogens is 2. The first-order valence-corrected chi connectivity index (χ1v) is 7.23. The van der Waals surface area contributed by atoms with Gasteiger partial charge in [0.15, 0.2) is 5.82 Å². The largest absolute Gasteiger partial charge is 0.359 e. The van der Waals surface area contributed by atoms with Gasteiger partial charge in [-0.15, -0.1) is 0 Å². The number of hydrogen-bond donors (Lipinski definition) is 1. The number of carbonyl (C=O) groups excluding carboxylic acids is 1. The van der Waals surface area contributed by atoms with Crippen molar-refractivity contribution in [2.75, 3.05) is 5.32 Å². The number of amides is 1. The first-order valence-electron chi connectivity index (χ1n) is 6.47. The Morgan fingerprint density at radius 1 is 1.29 bits per heavy atom. The van der Waals surface area contributed by atoms with Crippen LogP contribution in [0.15, 0.2) is 28.8 Å². The molecule has 21 heavy (non-hydrogen) atoms. The number of nitrogens with one attached hydrogen (secondary N) is 1. The van der Waals surface area contributed by atoms with Gasteiger partial charge in [0.25, 0.3) is 0 Å². The van der Waals surface area contributed by atoms with Crippen molar-refractivity contribution in [2.45, 2.75) is 32.6 Å². The highest BCUT2D eigenvalue weighted by molar-refractivity contribution is 6.36. The highest BCUT2D eigenvalue weighted by Crippen LogP contribution is 2.26. The summed E-state index contributed by atoms with van der Waals surface area (Å²) in [5, 5.41) is 7.44. The van der Waals surface area contributed by atoms with Crippen molar-refractivity contribution in [2.24, 2.45) is 0 Å². The molecule has 1 aromatic heterocycles. The average molecular weight is 327 g/mol. The Morgan fingerprint density at radius 2 is 1.90 bits per heavy atom. The van der Waals surface area contributed by atoms with Crippen molar-refractivity contribution in [1.29, 1.82) is 0 Å². The Hall–Kier alpha value is -1.52. The maximum atomic E-state index is 12.0. The summed E-state index contributed by atoms with van der Waals surface area (Å²) in [6, 6.07) is 6.85. The van der Waals surface area contributed by atoms with Gasteiger partial charge in [-0.3, -0.25) is 4.79 Å². The molecule has 6 heteroatoms. The molecule has 0 unspecified atom stereocenters. The SMILES string of the molecule is CC(C)(C)c1cc(NC(=O)Cc2c(Cl)cccc2Cl)no1. The van der Waals surface area contributed by atoms with Crippen LogP contribution in [0.2, 0.25) is 10.0 Å². The van der Waals surface area contributed by atoms with Crippen LogP contribution >= 0.6 is 23.2 Å². The van der Waals surface area contributed by atoms with E-state index in [-0.39, 0.29) is 17.7 Å². The molecule has 112 valence electrons. The van der Waals surface area contributed by atoms with Crippen LogP contribution in [0.25, 0.3) is 0 Å². The molecular formula is C15H16Cl2N2O2. The molecule has 1 N–H and O–H groups in total. The van der Waals surface area contributed by atoms with Gasteiger partial charge in [-0.25, -0.2) is 0 Å². The highest BCUT2D eigenvalue weighted by atomic mass is 35.5. The van der Waals surface area contributed by atoms with Crippen molar-refractivity contribution in [3.63, 3.8) is 0 Å². The maximum absolute atomic E-state index is 12.0. The molecule has 4 nitrogen and oxygen atoms in total. The fourth-order valence-electron chi connectivity index (χ4n) is 1.74. The lowest BCUT2D eigenvalue weighted by molar-refractivity contribution is -0.115. The summed E-state index contributed by atoms with van der Waals surface area (Å²) in [7, 11) is 0. The van der Waals surface area contributed by atoms with E-state index in [0.29, 0.717) is 27.2 Å². The fourth-order valence-corrected chi connectivity index (χ4v) is 2.27. The molecule has 0 saturated carbocycles. The van der Waals surface area contributed by atoms with Crippen molar-refractivity contribution >= 4 is 34.9 Å². The summed E-state index contributed by atoms with van der Waals surface area (Å²) in [5.74, 6) is 0.834. The van der Waals surface area contributed by atoms with Crippen LogP contribution in [-0.2, 0) is 16.6 Å². The topological polar surface area (TPSA) is 55.1 Å². The summed E-state index contributed by atoms with van der Waals surface area (Å²) < 4.78 is 5.21. The van der Waals surface area contributed by atoms with Gasteiger partial charge in [0, 0.05) is 21.5 Å². The second-order valence-corrected chi connectivity index (χ2v) is 6.57. The van der Waals surface area contributed by atoms with Crippen molar-refractivity contribution in [3.05, 3.63) is 45.6 Å². The lowest BCUT2D eigenvalue weighted by atomic mass is 9.93. The Kier molecular flexibility index (Phi) is 4.59. The van der Waals surface area contributed by atoms with E-state index in [0.717, 1.165) is 0 Å². The first-order chi connectivity index (χ1) is 9.77. The Morgan fingerprint density at radius 3 is 2.43 bits per heavy atom. The summed E-state index contributed by atoms with van der Waals surface area (Å²) >= 11 is 12.1. The van der Waals surface area contributed by atoms with Gasteiger partial charge in [-0.1, -0.05) is 55.2 Å². The standard InChI is InChI=1S/C15H16Cl2N2O2/c1-15(2,3)12-8-13(19-21-12)18-14(20)7-9-10(16)5-4-6-11(9)17/h4-6,8H,7H2,1-3H3,(H,18,19,20). The minimum Gasteiger partial charge on any atom is -0.359 e. The number of anilines is 1.